The maximum absolute atomic E-state index is 6.39. The van der Waals surface area contributed by atoms with Gasteiger partial charge in [-0.25, -0.2) is 0 Å². The van der Waals surface area contributed by atoms with Crippen molar-refractivity contribution in [3.05, 3.63) is 34.9 Å². The zero-order valence-electron chi connectivity index (χ0n) is 9.75. The lowest BCUT2D eigenvalue weighted by molar-refractivity contribution is 0.142. The third kappa shape index (κ3) is 2.76. The van der Waals surface area contributed by atoms with Crippen molar-refractivity contribution in [2.24, 2.45) is 5.73 Å². The van der Waals surface area contributed by atoms with Crippen LogP contribution in [0.4, 0.5) is 0 Å². The number of hydrogen-bond donors (Lipinski definition) is 1. The number of likely N-dealkylation sites (tertiary alicyclic amines) is 1. The second-order valence-corrected chi connectivity index (χ2v) is 5.29. The summed E-state index contributed by atoms with van der Waals surface area (Å²) in [5.74, 6) is 0. The molecule has 0 saturated carbocycles. The van der Waals surface area contributed by atoms with E-state index in [-0.39, 0.29) is 5.66 Å². The molecule has 3 heteroatoms. The van der Waals surface area contributed by atoms with Gasteiger partial charge in [0.2, 0.25) is 0 Å². The van der Waals surface area contributed by atoms with Crippen molar-refractivity contribution in [1.82, 2.24) is 4.90 Å². The Kier molecular flexibility index (Phi) is 3.53. The summed E-state index contributed by atoms with van der Waals surface area (Å²) in [5.41, 5.74) is 7.40. The fourth-order valence-electron chi connectivity index (χ4n) is 2.36. The van der Waals surface area contributed by atoms with Crippen molar-refractivity contribution >= 4 is 11.6 Å². The molecule has 0 aliphatic carbocycles. The van der Waals surface area contributed by atoms with Crippen LogP contribution in [0.25, 0.3) is 0 Å². The number of benzene rings is 1. The lowest BCUT2D eigenvalue weighted by Gasteiger charge is -2.35. The summed E-state index contributed by atoms with van der Waals surface area (Å²) >= 11 is 5.87. The topological polar surface area (TPSA) is 29.3 Å². The first kappa shape index (κ1) is 11.9. The van der Waals surface area contributed by atoms with Gasteiger partial charge in [-0.3, -0.25) is 4.90 Å². The lowest BCUT2D eigenvalue weighted by Crippen LogP contribution is -2.53. The van der Waals surface area contributed by atoms with E-state index in [0.717, 1.165) is 24.5 Å². The molecule has 1 atom stereocenters. The molecule has 0 aromatic heterocycles. The third-order valence-corrected chi connectivity index (χ3v) is 3.56. The molecule has 1 aromatic rings. The van der Waals surface area contributed by atoms with Crippen LogP contribution in [0.2, 0.25) is 5.02 Å². The molecule has 2 N–H and O–H groups in total. The Labute approximate surface area is 102 Å². The number of nitrogens with zero attached hydrogens (tertiary/aromatic N) is 1. The number of halogens is 1. The highest BCUT2D eigenvalue weighted by molar-refractivity contribution is 6.30. The largest absolute Gasteiger partial charge is 0.313 e. The summed E-state index contributed by atoms with van der Waals surface area (Å²) in [5, 5.41) is 0.781. The van der Waals surface area contributed by atoms with E-state index in [1.807, 2.05) is 12.1 Å². The van der Waals surface area contributed by atoms with Gasteiger partial charge in [0.1, 0.15) is 0 Å². The summed E-state index contributed by atoms with van der Waals surface area (Å²) < 4.78 is 0. The van der Waals surface area contributed by atoms with Gasteiger partial charge in [0.15, 0.2) is 0 Å². The molecule has 1 aromatic carbocycles. The van der Waals surface area contributed by atoms with Crippen molar-refractivity contribution < 1.29 is 0 Å². The van der Waals surface area contributed by atoms with E-state index in [2.05, 4.69) is 24.0 Å². The predicted molar refractivity (Wildman–Crippen MR) is 68.6 cm³/mol. The minimum absolute atomic E-state index is 0.232. The Morgan fingerprint density at radius 1 is 1.25 bits per heavy atom. The fourth-order valence-corrected chi connectivity index (χ4v) is 2.48. The van der Waals surface area contributed by atoms with E-state index in [1.54, 1.807) is 0 Å². The molecule has 0 spiro atoms. The number of hydrogen-bond acceptors (Lipinski definition) is 2. The molecule has 2 nitrogen and oxygen atoms in total. The fraction of sp³-hybridized carbons (Fsp3) is 0.538. The first-order chi connectivity index (χ1) is 7.58. The van der Waals surface area contributed by atoms with Crippen molar-refractivity contribution in [1.29, 1.82) is 0 Å². The van der Waals surface area contributed by atoms with Gasteiger partial charge in [-0.15, -0.1) is 0 Å². The van der Waals surface area contributed by atoms with Crippen LogP contribution in [0.15, 0.2) is 24.3 Å². The van der Waals surface area contributed by atoms with E-state index in [9.17, 15) is 0 Å². The number of nitrogens with two attached hydrogens (primary N) is 1. The Hall–Kier alpha value is -0.570. The molecule has 1 aliphatic rings. The monoisotopic (exact) mass is 238 g/mol. The molecule has 1 fully saturated rings. The van der Waals surface area contributed by atoms with E-state index in [1.165, 1.54) is 18.4 Å². The Morgan fingerprint density at radius 2 is 1.81 bits per heavy atom. The van der Waals surface area contributed by atoms with Crippen LogP contribution in [0, 0.1) is 0 Å². The average molecular weight is 239 g/mol. The Morgan fingerprint density at radius 3 is 2.38 bits per heavy atom. The van der Waals surface area contributed by atoms with Crippen LogP contribution in [0.1, 0.15) is 25.3 Å². The van der Waals surface area contributed by atoms with Gasteiger partial charge in [-0.1, -0.05) is 23.7 Å². The highest BCUT2D eigenvalue weighted by Gasteiger charge is 2.29. The van der Waals surface area contributed by atoms with Gasteiger partial charge in [-0.05, 0) is 50.6 Å². The van der Waals surface area contributed by atoms with Gasteiger partial charge in [0.25, 0.3) is 0 Å². The predicted octanol–water partition coefficient (Wildman–Crippen LogP) is 2.65. The standard InChI is InChI=1S/C13H19ClN2/c1-13(15,16-8-2-3-9-16)10-11-4-6-12(14)7-5-11/h4-7H,2-3,8-10,15H2,1H3. The minimum atomic E-state index is -0.232. The Balaban J connectivity index is 2.04. The third-order valence-electron chi connectivity index (χ3n) is 3.30. The van der Waals surface area contributed by atoms with Crippen LogP contribution >= 0.6 is 11.6 Å². The molecule has 0 amide bonds. The smallest absolute Gasteiger partial charge is 0.0699 e. The normalized spacial score (nSPS) is 20.9. The molecule has 1 aliphatic heterocycles. The van der Waals surface area contributed by atoms with Gasteiger partial charge in [0, 0.05) is 11.4 Å². The zero-order chi connectivity index (χ0) is 11.6. The van der Waals surface area contributed by atoms with Crippen molar-refractivity contribution in [3.63, 3.8) is 0 Å². The van der Waals surface area contributed by atoms with Crippen molar-refractivity contribution in [2.45, 2.75) is 31.8 Å². The molecule has 1 unspecified atom stereocenters. The van der Waals surface area contributed by atoms with Gasteiger partial charge in [-0.2, -0.15) is 0 Å². The number of rotatable bonds is 3. The van der Waals surface area contributed by atoms with Gasteiger partial charge >= 0.3 is 0 Å². The van der Waals surface area contributed by atoms with E-state index < -0.39 is 0 Å². The summed E-state index contributed by atoms with van der Waals surface area (Å²) in [6, 6.07) is 7.97. The molecule has 16 heavy (non-hydrogen) atoms. The summed E-state index contributed by atoms with van der Waals surface area (Å²) in [4.78, 5) is 2.38. The van der Waals surface area contributed by atoms with Crippen LogP contribution in [-0.2, 0) is 6.42 Å². The first-order valence-corrected chi connectivity index (χ1v) is 6.24. The summed E-state index contributed by atoms with van der Waals surface area (Å²) in [6.07, 6.45) is 3.42. The molecule has 0 radical (unpaired) electrons. The van der Waals surface area contributed by atoms with Crippen molar-refractivity contribution in [3.8, 4) is 0 Å². The summed E-state index contributed by atoms with van der Waals surface area (Å²) in [7, 11) is 0. The SMILES string of the molecule is CC(N)(Cc1ccc(Cl)cc1)N1CCCC1. The molecule has 1 saturated heterocycles. The molecule has 2 rings (SSSR count). The zero-order valence-corrected chi connectivity index (χ0v) is 10.5. The second kappa shape index (κ2) is 4.74. The molecule has 88 valence electrons. The van der Waals surface area contributed by atoms with E-state index >= 15 is 0 Å². The van der Waals surface area contributed by atoms with Crippen LogP contribution in [0.3, 0.4) is 0 Å². The first-order valence-electron chi connectivity index (χ1n) is 5.86. The minimum Gasteiger partial charge on any atom is -0.313 e. The summed E-state index contributed by atoms with van der Waals surface area (Å²) in [6.45, 7) is 4.37. The highest BCUT2D eigenvalue weighted by atomic mass is 35.5. The molecular formula is C13H19ClN2. The van der Waals surface area contributed by atoms with Crippen LogP contribution in [-0.4, -0.2) is 23.7 Å². The van der Waals surface area contributed by atoms with Gasteiger partial charge < -0.3 is 5.73 Å². The highest BCUT2D eigenvalue weighted by Crippen LogP contribution is 2.21. The average Bonchev–Trinajstić information content (AvgIpc) is 2.75. The van der Waals surface area contributed by atoms with Gasteiger partial charge in [0.05, 0.1) is 5.66 Å². The van der Waals surface area contributed by atoms with Crippen molar-refractivity contribution in [2.75, 3.05) is 13.1 Å². The van der Waals surface area contributed by atoms with E-state index in [0.29, 0.717) is 0 Å². The quantitative estimate of drug-likeness (QED) is 0.877. The molecule has 1 heterocycles. The van der Waals surface area contributed by atoms with Crippen LogP contribution in [0.5, 0.6) is 0 Å². The van der Waals surface area contributed by atoms with E-state index in [4.69, 9.17) is 17.3 Å². The maximum Gasteiger partial charge on any atom is 0.0699 e. The maximum atomic E-state index is 6.39. The lowest BCUT2D eigenvalue weighted by atomic mass is 10.0. The molecule has 0 bridgehead atoms. The second-order valence-electron chi connectivity index (χ2n) is 4.85. The van der Waals surface area contributed by atoms with Crippen LogP contribution < -0.4 is 5.73 Å². The Bertz CT molecular complexity index is 339. The molecular weight excluding hydrogens is 220 g/mol.